The van der Waals surface area contributed by atoms with Crippen LogP contribution >= 0.6 is 11.6 Å². The van der Waals surface area contributed by atoms with Gasteiger partial charge in [0, 0.05) is 11.1 Å². The fourth-order valence-corrected chi connectivity index (χ4v) is 2.82. The molecule has 0 spiro atoms. The maximum Gasteiger partial charge on any atom is 0.241 e. The SMILES string of the molecule is CC1NC(c2ccc(Cl)cc2)N(C(C)CCN(C)C)C1=O. The summed E-state index contributed by atoms with van der Waals surface area (Å²) in [6.07, 6.45) is 0.888. The highest BCUT2D eigenvalue weighted by Crippen LogP contribution is 2.29. The van der Waals surface area contributed by atoms with Gasteiger partial charge in [-0.25, -0.2) is 0 Å². The number of nitrogens with zero attached hydrogens (tertiary/aromatic N) is 2. The number of nitrogens with one attached hydrogen (secondary N) is 1. The minimum absolute atomic E-state index is 0.0677. The van der Waals surface area contributed by atoms with Crippen LogP contribution in [0, 0.1) is 0 Å². The van der Waals surface area contributed by atoms with Crippen molar-refractivity contribution in [3.8, 4) is 0 Å². The van der Waals surface area contributed by atoms with Crippen molar-refractivity contribution in [3.05, 3.63) is 34.9 Å². The lowest BCUT2D eigenvalue weighted by atomic mass is 10.1. The number of amides is 1. The van der Waals surface area contributed by atoms with Crippen molar-refractivity contribution >= 4 is 17.5 Å². The Hall–Kier alpha value is -1.10. The minimum atomic E-state index is -0.146. The second-order valence-electron chi connectivity index (χ2n) is 6.03. The molecule has 3 atom stereocenters. The molecule has 1 heterocycles. The van der Waals surface area contributed by atoms with E-state index in [0.717, 1.165) is 18.5 Å². The summed E-state index contributed by atoms with van der Waals surface area (Å²) in [5, 5.41) is 4.09. The number of rotatable bonds is 5. The Morgan fingerprint density at radius 1 is 1.33 bits per heavy atom. The van der Waals surface area contributed by atoms with E-state index in [0.29, 0.717) is 5.02 Å². The Morgan fingerprint density at radius 2 is 1.95 bits per heavy atom. The van der Waals surface area contributed by atoms with Crippen molar-refractivity contribution in [1.82, 2.24) is 15.1 Å². The van der Waals surface area contributed by atoms with Crippen molar-refractivity contribution in [1.29, 1.82) is 0 Å². The van der Waals surface area contributed by atoms with E-state index in [4.69, 9.17) is 11.6 Å². The molecule has 0 bridgehead atoms. The third-order valence-corrected chi connectivity index (χ3v) is 4.22. The zero-order valence-electron chi connectivity index (χ0n) is 13.1. The van der Waals surface area contributed by atoms with Crippen molar-refractivity contribution < 1.29 is 4.79 Å². The lowest BCUT2D eigenvalue weighted by molar-refractivity contribution is -0.132. The molecule has 1 aliphatic heterocycles. The summed E-state index contributed by atoms with van der Waals surface area (Å²) in [4.78, 5) is 16.6. The van der Waals surface area contributed by atoms with Crippen LogP contribution in [0.4, 0.5) is 0 Å². The van der Waals surface area contributed by atoms with Gasteiger partial charge in [-0.3, -0.25) is 10.1 Å². The molecule has 1 saturated heterocycles. The molecular formula is C16H24ClN3O. The molecule has 0 radical (unpaired) electrons. The minimum Gasteiger partial charge on any atom is -0.319 e. The lowest BCUT2D eigenvalue weighted by Gasteiger charge is -2.31. The maximum absolute atomic E-state index is 12.5. The molecule has 2 rings (SSSR count). The molecule has 116 valence electrons. The summed E-state index contributed by atoms with van der Waals surface area (Å²) in [7, 11) is 4.10. The quantitative estimate of drug-likeness (QED) is 0.908. The molecule has 1 aromatic carbocycles. The van der Waals surface area contributed by atoms with Gasteiger partial charge in [0.15, 0.2) is 0 Å². The Balaban J connectivity index is 2.18. The highest BCUT2D eigenvalue weighted by atomic mass is 35.5. The van der Waals surface area contributed by atoms with Crippen LogP contribution in [-0.2, 0) is 4.79 Å². The van der Waals surface area contributed by atoms with E-state index in [2.05, 4.69) is 31.2 Å². The summed E-state index contributed by atoms with van der Waals surface area (Å²) >= 11 is 5.95. The van der Waals surface area contributed by atoms with Crippen LogP contribution in [0.3, 0.4) is 0 Å². The van der Waals surface area contributed by atoms with Gasteiger partial charge in [-0.2, -0.15) is 0 Å². The second-order valence-corrected chi connectivity index (χ2v) is 6.47. The van der Waals surface area contributed by atoms with E-state index in [-0.39, 0.29) is 24.2 Å². The molecule has 1 aliphatic rings. The van der Waals surface area contributed by atoms with E-state index in [1.807, 2.05) is 36.1 Å². The van der Waals surface area contributed by atoms with Crippen LogP contribution in [0.5, 0.6) is 0 Å². The fourth-order valence-electron chi connectivity index (χ4n) is 2.70. The number of benzene rings is 1. The fraction of sp³-hybridized carbons (Fsp3) is 0.562. The molecule has 3 unspecified atom stereocenters. The molecule has 1 aromatic rings. The zero-order valence-corrected chi connectivity index (χ0v) is 13.9. The van der Waals surface area contributed by atoms with Gasteiger partial charge in [0.05, 0.1) is 6.04 Å². The van der Waals surface area contributed by atoms with Crippen molar-refractivity contribution in [2.24, 2.45) is 0 Å². The molecule has 0 aliphatic carbocycles. The number of halogens is 1. The summed E-state index contributed by atoms with van der Waals surface area (Å²) < 4.78 is 0. The van der Waals surface area contributed by atoms with Crippen LogP contribution in [0.2, 0.25) is 5.02 Å². The highest BCUT2D eigenvalue weighted by molar-refractivity contribution is 6.30. The van der Waals surface area contributed by atoms with Gasteiger partial charge < -0.3 is 9.80 Å². The van der Waals surface area contributed by atoms with Gasteiger partial charge >= 0.3 is 0 Å². The van der Waals surface area contributed by atoms with Gasteiger partial charge in [-0.1, -0.05) is 23.7 Å². The van der Waals surface area contributed by atoms with E-state index < -0.39 is 0 Å². The summed E-state index contributed by atoms with van der Waals surface area (Å²) in [6.45, 7) is 5.00. The van der Waals surface area contributed by atoms with Gasteiger partial charge in [-0.15, -0.1) is 0 Å². The van der Waals surface area contributed by atoms with Crippen LogP contribution in [-0.4, -0.2) is 48.4 Å². The molecule has 1 fully saturated rings. The number of carbonyl (C=O) groups excluding carboxylic acids is 1. The third-order valence-electron chi connectivity index (χ3n) is 3.97. The van der Waals surface area contributed by atoms with Gasteiger partial charge in [0.1, 0.15) is 6.17 Å². The highest BCUT2D eigenvalue weighted by Gasteiger charge is 2.39. The van der Waals surface area contributed by atoms with Crippen molar-refractivity contribution in [2.75, 3.05) is 20.6 Å². The smallest absolute Gasteiger partial charge is 0.241 e. The average Bonchev–Trinajstić information content (AvgIpc) is 2.73. The first-order valence-corrected chi connectivity index (χ1v) is 7.76. The van der Waals surface area contributed by atoms with Crippen LogP contribution in [0.1, 0.15) is 32.0 Å². The molecule has 5 heteroatoms. The normalized spacial score (nSPS) is 23.9. The van der Waals surface area contributed by atoms with E-state index in [9.17, 15) is 4.79 Å². The van der Waals surface area contributed by atoms with Crippen molar-refractivity contribution in [2.45, 2.75) is 38.5 Å². The summed E-state index contributed by atoms with van der Waals surface area (Å²) in [6, 6.07) is 7.75. The zero-order chi connectivity index (χ0) is 15.6. The Bertz CT molecular complexity index is 489. The van der Waals surface area contributed by atoms with E-state index >= 15 is 0 Å². The predicted molar refractivity (Wildman–Crippen MR) is 86.3 cm³/mol. The first-order valence-electron chi connectivity index (χ1n) is 7.38. The second kappa shape index (κ2) is 6.77. The first-order chi connectivity index (χ1) is 9.90. The van der Waals surface area contributed by atoms with Gasteiger partial charge in [-0.05, 0) is 58.6 Å². The number of hydrogen-bond donors (Lipinski definition) is 1. The number of carbonyl (C=O) groups is 1. The van der Waals surface area contributed by atoms with Crippen molar-refractivity contribution in [3.63, 3.8) is 0 Å². The van der Waals surface area contributed by atoms with Crippen LogP contribution in [0.15, 0.2) is 24.3 Å². The van der Waals surface area contributed by atoms with Gasteiger partial charge in [0.2, 0.25) is 5.91 Å². The molecule has 1 N–H and O–H groups in total. The standard InChI is InChI=1S/C16H24ClN3O/c1-11(9-10-19(3)4)20-15(18-12(2)16(20)21)13-5-7-14(17)8-6-13/h5-8,11-12,15,18H,9-10H2,1-4H3. The lowest BCUT2D eigenvalue weighted by Crippen LogP contribution is -2.39. The molecule has 0 saturated carbocycles. The largest absolute Gasteiger partial charge is 0.319 e. The first kappa shape index (κ1) is 16.3. The molecule has 1 amide bonds. The Labute approximate surface area is 132 Å². The average molecular weight is 310 g/mol. The Kier molecular flexibility index (Phi) is 5.25. The van der Waals surface area contributed by atoms with E-state index in [1.54, 1.807) is 0 Å². The van der Waals surface area contributed by atoms with Crippen LogP contribution < -0.4 is 5.32 Å². The maximum atomic E-state index is 12.5. The predicted octanol–water partition coefficient (Wildman–Crippen LogP) is 2.50. The summed E-state index contributed by atoms with van der Waals surface area (Å²) in [5.41, 5.74) is 1.08. The molecule has 21 heavy (non-hydrogen) atoms. The molecular weight excluding hydrogens is 286 g/mol. The summed E-state index contributed by atoms with van der Waals surface area (Å²) in [5.74, 6) is 0.168. The number of hydrogen-bond acceptors (Lipinski definition) is 3. The van der Waals surface area contributed by atoms with E-state index in [1.165, 1.54) is 0 Å². The molecule has 0 aromatic heterocycles. The topological polar surface area (TPSA) is 35.6 Å². The Morgan fingerprint density at radius 3 is 2.52 bits per heavy atom. The third kappa shape index (κ3) is 3.76. The molecule has 4 nitrogen and oxygen atoms in total. The van der Waals surface area contributed by atoms with Gasteiger partial charge in [0.25, 0.3) is 0 Å². The monoisotopic (exact) mass is 309 g/mol. The van der Waals surface area contributed by atoms with Crippen LogP contribution in [0.25, 0.3) is 0 Å².